The minimum Gasteiger partial charge on any atom is -0.481 e. The van der Waals surface area contributed by atoms with E-state index in [1.54, 1.807) is 38.1 Å². The van der Waals surface area contributed by atoms with Crippen molar-refractivity contribution in [1.82, 2.24) is 4.90 Å². The molecule has 1 atom stereocenters. The van der Waals surface area contributed by atoms with Crippen molar-refractivity contribution >= 4 is 40.7 Å². The molecule has 0 aliphatic carbocycles. The molecule has 190 valence electrons. The number of amides is 2. The third-order valence-corrected chi connectivity index (χ3v) is 7.13. The van der Waals surface area contributed by atoms with E-state index in [1.165, 1.54) is 35.2 Å². The molecule has 3 rings (SSSR count). The van der Waals surface area contributed by atoms with E-state index in [2.05, 4.69) is 0 Å². The Kier molecular flexibility index (Phi) is 8.47. The fourth-order valence-electron chi connectivity index (χ4n) is 4.06. The maximum atomic E-state index is 13.8. The van der Waals surface area contributed by atoms with Crippen molar-refractivity contribution < 1.29 is 28.3 Å². The maximum absolute atomic E-state index is 13.8. The van der Waals surface area contributed by atoms with Gasteiger partial charge in [0.2, 0.25) is 5.91 Å². The molecule has 0 aliphatic rings. The molecule has 2 aromatic carbocycles. The minimum atomic E-state index is -1.20. The van der Waals surface area contributed by atoms with Crippen LogP contribution in [-0.2, 0) is 16.0 Å². The smallest absolute Gasteiger partial charge is 0.303 e. The van der Waals surface area contributed by atoms with Crippen LogP contribution in [0.25, 0.3) is 10.4 Å². The number of carbonyl (C=O) groups is 3. The van der Waals surface area contributed by atoms with E-state index in [4.69, 9.17) is 17.3 Å². The summed E-state index contributed by atoms with van der Waals surface area (Å²) in [4.78, 5) is 39.8. The van der Waals surface area contributed by atoms with Crippen LogP contribution in [0.2, 0.25) is 5.02 Å². The first kappa shape index (κ1) is 27.3. The first-order chi connectivity index (χ1) is 16.9. The first-order valence-corrected chi connectivity index (χ1v) is 12.2. The quantitative estimate of drug-likeness (QED) is 0.357. The number of aliphatic carboxylic acids is 1. The molecule has 0 aliphatic heterocycles. The summed E-state index contributed by atoms with van der Waals surface area (Å²) in [6, 6.07) is 12.0. The zero-order chi connectivity index (χ0) is 26.6. The molecule has 1 heterocycles. The standard InChI is InChI=1S/C26H25ClF2N2O4S/c1-26(2,14-15-3-6-17(28)7-4-15)31(20(24(30)34)9-12-23(32)33)25(35)22-11-10-21(36-22)16-5-8-19(29)18(27)13-16/h3-8,10-11,13,20H,9,12,14H2,1-2H3,(H2,30,34)(H,32,33)/t20-/m0/s1. The van der Waals surface area contributed by atoms with E-state index in [1.807, 2.05) is 0 Å². The molecule has 10 heteroatoms. The number of primary amides is 1. The third-order valence-electron chi connectivity index (χ3n) is 5.71. The molecule has 3 N–H and O–H groups in total. The summed E-state index contributed by atoms with van der Waals surface area (Å²) < 4.78 is 27.0. The average molecular weight is 535 g/mol. The Morgan fingerprint density at radius 3 is 2.33 bits per heavy atom. The van der Waals surface area contributed by atoms with Gasteiger partial charge in [-0.05, 0) is 74.2 Å². The maximum Gasteiger partial charge on any atom is 0.303 e. The molecule has 1 aromatic heterocycles. The SMILES string of the molecule is CC(C)(Cc1ccc(F)cc1)N(C(=O)c1ccc(-c2ccc(F)c(Cl)c2)s1)[C@@H](CCC(=O)O)C(N)=O. The number of rotatable bonds is 10. The molecule has 0 bridgehead atoms. The lowest BCUT2D eigenvalue weighted by molar-refractivity contribution is -0.137. The van der Waals surface area contributed by atoms with Gasteiger partial charge in [0, 0.05) is 16.8 Å². The van der Waals surface area contributed by atoms with Crippen molar-refractivity contribution in [3.8, 4) is 10.4 Å². The lowest BCUT2D eigenvalue weighted by atomic mass is 9.89. The second kappa shape index (κ2) is 11.2. The van der Waals surface area contributed by atoms with E-state index in [-0.39, 0.29) is 29.2 Å². The molecule has 0 saturated heterocycles. The Morgan fingerprint density at radius 1 is 1.08 bits per heavy atom. The largest absolute Gasteiger partial charge is 0.481 e. The fourth-order valence-corrected chi connectivity index (χ4v) is 5.18. The summed E-state index contributed by atoms with van der Waals surface area (Å²) in [5, 5.41) is 9.13. The number of hydrogen-bond donors (Lipinski definition) is 2. The van der Waals surface area contributed by atoms with Crippen molar-refractivity contribution in [2.45, 2.75) is 44.7 Å². The van der Waals surface area contributed by atoms with Crippen LogP contribution in [0, 0.1) is 11.6 Å². The van der Waals surface area contributed by atoms with E-state index < -0.39 is 41.0 Å². The van der Waals surface area contributed by atoms with Crippen molar-refractivity contribution in [3.63, 3.8) is 0 Å². The zero-order valence-electron chi connectivity index (χ0n) is 19.6. The van der Waals surface area contributed by atoms with Crippen molar-refractivity contribution in [2.75, 3.05) is 0 Å². The monoisotopic (exact) mass is 534 g/mol. The average Bonchev–Trinajstić information content (AvgIpc) is 3.29. The van der Waals surface area contributed by atoms with Gasteiger partial charge in [-0.25, -0.2) is 8.78 Å². The van der Waals surface area contributed by atoms with E-state index in [0.717, 1.165) is 11.3 Å². The first-order valence-electron chi connectivity index (χ1n) is 11.0. The summed E-state index contributed by atoms with van der Waals surface area (Å²) >= 11 is 7.02. The molecule has 0 saturated carbocycles. The number of nitrogens with zero attached hydrogens (tertiary/aromatic N) is 1. The predicted octanol–water partition coefficient (Wildman–Crippen LogP) is 5.53. The van der Waals surface area contributed by atoms with Gasteiger partial charge in [0.1, 0.15) is 17.7 Å². The highest BCUT2D eigenvalue weighted by molar-refractivity contribution is 7.17. The van der Waals surface area contributed by atoms with Gasteiger partial charge >= 0.3 is 5.97 Å². The summed E-state index contributed by atoms with van der Waals surface area (Å²) in [5.41, 5.74) is 5.98. The number of carboxylic acid groups (broad SMARTS) is 1. The van der Waals surface area contributed by atoms with E-state index in [9.17, 15) is 28.3 Å². The van der Waals surface area contributed by atoms with E-state index >= 15 is 0 Å². The molecular weight excluding hydrogens is 510 g/mol. The number of carboxylic acids is 1. The molecule has 0 unspecified atom stereocenters. The Hall–Kier alpha value is -3.30. The van der Waals surface area contributed by atoms with Gasteiger partial charge in [-0.1, -0.05) is 29.8 Å². The van der Waals surface area contributed by atoms with Crippen molar-refractivity contribution in [2.24, 2.45) is 5.73 Å². The van der Waals surface area contributed by atoms with Gasteiger partial charge < -0.3 is 15.7 Å². The molecule has 0 fully saturated rings. The van der Waals surface area contributed by atoms with Crippen LogP contribution >= 0.6 is 22.9 Å². The lowest BCUT2D eigenvalue weighted by Gasteiger charge is -2.42. The Morgan fingerprint density at radius 2 is 1.75 bits per heavy atom. The summed E-state index contributed by atoms with van der Waals surface area (Å²) in [6.45, 7) is 3.47. The molecule has 2 amide bonds. The molecule has 3 aromatic rings. The highest BCUT2D eigenvalue weighted by Crippen LogP contribution is 2.34. The van der Waals surface area contributed by atoms with Gasteiger partial charge in [0.25, 0.3) is 5.91 Å². The van der Waals surface area contributed by atoms with Crippen molar-refractivity contribution in [1.29, 1.82) is 0 Å². The lowest BCUT2D eigenvalue weighted by Crippen LogP contribution is -2.58. The van der Waals surface area contributed by atoms with Gasteiger partial charge in [0.05, 0.1) is 9.90 Å². The fraction of sp³-hybridized carbons (Fsp3) is 0.269. The topological polar surface area (TPSA) is 101 Å². The van der Waals surface area contributed by atoms with Crippen molar-refractivity contribution in [3.05, 3.63) is 81.7 Å². The van der Waals surface area contributed by atoms with Crippen LogP contribution in [0.3, 0.4) is 0 Å². The summed E-state index contributed by atoms with van der Waals surface area (Å²) in [7, 11) is 0. The molecular formula is C26H25ClF2N2O4S. The van der Waals surface area contributed by atoms with Crippen LogP contribution < -0.4 is 5.73 Å². The minimum absolute atomic E-state index is 0.0571. The molecule has 0 radical (unpaired) electrons. The van der Waals surface area contributed by atoms with Gasteiger partial charge in [-0.3, -0.25) is 14.4 Å². The van der Waals surface area contributed by atoms with Gasteiger partial charge in [0.15, 0.2) is 0 Å². The van der Waals surface area contributed by atoms with E-state index in [0.29, 0.717) is 16.0 Å². The van der Waals surface area contributed by atoms with Crippen LogP contribution in [0.15, 0.2) is 54.6 Å². The molecule has 6 nitrogen and oxygen atoms in total. The van der Waals surface area contributed by atoms with Crippen LogP contribution in [-0.4, -0.2) is 39.4 Å². The Labute approximate surface area is 216 Å². The van der Waals surface area contributed by atoms with Crippen LogP contribution in [0.4, 0.5) is 8.78 Å². The normalized spacial score (nSPS) is 12.2. The molecule has 36 heavy (non-hydrogen) atoms. The summed E-state index contributed by atoms with van der Waals surface area (Å²) in [5.74, 6) is -3.45. The third kappa shape index (κ3) is 6.47. The zero-order valence-corrected chi connectivity index (χ0v) is 21.2. The Bertz CT molecular complexity index is 1280. The van der Waals surface area contributed by atoms with Crippen LogP contribution in [0.5, 0.6) is 0 Å². The van der Waals surface area contributed by atoms with Gasteiger partial charge in [-0.2, -0.15) is 0 Å². The van der Waals surface area contributed by atoms with Gasteiger partial charge in [-0.15, -0.1) is 11.3 Å². The second-order valence-electron chi connectivity index (χ2n) is 8.93. The molecule has 0 spiro atoms. The number of halogens is 3. The summed E-state index contributed by atoms with van der Waals surface area (Å²) in [6.07, 6.45) is -0.287. The number of thiophene rings is 1. The number of benzene rings is 2. The number of hydrogen-bond acceptors (Lipinski definition) is 4. The highest BCUT2D eigenvalue weighted by atomic mass is 35.5. The Balaban J connectivity index is 2.01. The number of carbonyl (C=O) groups excluding carboxylic acids is 2. The van der Waals surface area contributed by atoms with Crippen LogP contribution in [0.1, 0.15) is 41.9 Å². The highest BCUT2D eigenvalue weighted by Gasteiger charge is 2.40. The second-order valence-corrected chi connectivity index (χ2v) is 10.4. The predicted molar refractivity (Wildman–Crippen MR) is 135 cm³/mol. The number of nitrogens with two attached hydrogens (primary N) is 1.